The molecule has 3 N–H and O–H groups in total. The minimum Gasteiger partial charge on any atom is -0.497 e. The normalized spacial score (nSPS) is 26.8. The van der Waals surface area contributed by atoms with Gasteiger partial charge in [-0.15, -0.1) is 0 Å². The fraction of sp³-hybridized carbons (Fsp3) is 0.565. The van der Waals surface area contributed by atoms with E-state index in [0.717, 1.165) is 0 Å². The second-order valence-corrected chi connectivity index (χ2v) is 20.7. The summed E-state index contributed by atoms with van der Waals surface area (Å²) in [5, 5.41) is 5.70. The fourth-order valence-corrected chi connectivity index (χ4v) is 9.89. The van der Waals surface area contributed by atoms with Crippen LogP contribution < -0.4 is 29.6 Å². The summed E-state index contributed by atoms with van der Waals surface area (Å²) in [4.78, 5) is 67.5. The minimum absolute atomic E-state index is 0.0608. The van der Waals surface area contributed by atoms with Crippen molar-refractivity contribution < 1.29 is 59.7 Å². The number of alkyl carbamates (subject to hydrolysis) is 1. The summed E-state index contributed by atoms with van der Waals surface area (Å²) in [6, 6.07) is 7.70. The molecule has 2 aliphatic carbocycles. The lowest BCUT2D eigenvalue weighted by molar-refractivity contribution is -0.244. The van der Waals surface area contributed by atoms with Crippen LogP contribution in [0.15, 0.2) is 54.7 Å². The highest BCUT2D eigenvalue weighted by Crippen LogP contribution is 2.46. The molecule has 7 atom stereocenters. The number of alkyl halides is 3. The average Bonchev–Trinajstić information content (AvgIpc) is 4.17. The summed E-state index contributed by atoms with van der Waals surface area (Å²) >= 11 is 0. The van der Waals surface area contributed by atoms with E-state index in [2.05, 4.69) is 20.3 Å². The number of sulfonamides is 1. The molecule has 20 heteroatoms. The zero-order valence-corrected chi connectivity index (χ0v) is 38.8. The molecule has 7 rings (SSSR count). The van der Waals surface area contributed by atoms with E-state index in [9.17, 15) is 40.8 Å². The van der Waals surface area contributed by atoms with Crippen molar-refractivity contribution in [3.8, 4) is 28.8 Å². The van der Waals surface area contributed by atoms with Crippen LogP contribution in [-0.2, 0) is 29.1 Å². The van der Waals surface area contributed by atoms with Crippen LogP contribution >= 0.6 is 0 Å². The number of halogens is 3. The molecule has 0 bridgehead atoms. The van der Waals surface area contributed by atoms with E-state index in [0.29, 0.717) is 79.6 Å². The van der Waals surface area contributed by atoms with Crippen LogP contribution in [0.4, 0.5) is 18.0 Å². The van der Waals surface area contributed by atoms with Gasteiger partial charge in [-0.2, -0.15) is 13.2 Å². The Kier molecular flexibility index (Phi) is 13.6. The number of aromatic nitrogens is 2. The second kappa shape index (κ2) is 18.6. The predicted octanol–water partition coefficient (Wildman–Crippen LogP) is 6.37. The molecule has 2 aliphatic heterocycles. The number of hydrogen-bond donors (Lipinski definition) is 3. The Labute approximate surface area is 381 Å². The third-order valence-electron chi connectivity index (χ3n) is 12.6. The lowest BCUT2D eigenvalue weighted by atomic mass is 9.88. The summed E-state index contributed by atoms with van der Waals surface area (Å²) in [6.45, 7) is 8.52. The zero-order valence-electron chi connectivity index (χ0n) is 37.9. The van der Waals surface area contributed by atoms with Crippen LogP contribution in [0.25, 0.3) is 22.2 Å². The third kappa shape index (κ3) is 10.6. The Balaban J connectivity index is 1.26. The van der Waals surface area contributed by atoms with Gasteiger partial charge in [0.25, 0.3) is 5.91 Å². The number of hydrogen-bond acceptors (Lipinski definition) is 12. The van der Waals surface area contributed by atoms with Crippen molar-refractivity contribution in [2.24, 2.45) is 17.8 Å². The van der Waals surface area contributed by atoms with E-state index in [1.165, 1.54) is 12.0 Å². The first-order chi connectivity index (χ1) is 31.0. The van der Waals surface area contributed by atoms with E-state index in [4.69, 9.17) is 23.9 Å². The third-order valence-corrected chi connectivity index (χ3v) is 14.4. The smallest absolute Gasteiger partial charge is 0.427 e. The molecule has 3 aromatic rings. The number of pyridine rings is 2. The number of nitrogens with zero attached hydrogens (tertiary/aromatic N) is 3. The molecular weight excluding hydrogens is 886 g/mol. The number of methoxy groups -OCH3 is 1. The highest BCUT2D eigenvalue weighted by molar-refractivity contribution is 7.91. The molecule has 3 fully saturated rings. The van der Waals surface area contributed by atoms with Gasteiger partial charge in [0, 0.05) is 17.7 Å². The molecule has 0 radical (unpaired) electrons. The van der Waals surface area contributed by atoms with Crippen LogP contribution in [0.5, 0.6) is 17.4 Å². The van der Waals surface area contributed by atoms with Gasteiger partial charge in [0.05, 0.1) is 42.6 Å². The Bertz CT molecular complexity index is 2480. The molecule has 4 amide bonds. The number of nitrogens with one attached hydrogen (secondary N) is 3. The number of allylic oxidation sites excluding steroid dienone is 1. The van der Waals surface area contributed by atoms with Crippen LogP contribution in [-0.4, -0.2) is 108 Å². The maximum Gasteiger partial charge on any atom is 0.427 e. The molecule has 1 saturated heterocycles. The second-order valence-electron chi connectivity index (χ2n) is 18.7. The maximum atomic E-state index is 15.0. The Morgan fingerprint density at radius 2 is 1.73 bits per heavy atom. The highest BCUT2D eigenvalue weighted by atomic mass is 32.2. The van der Waals surface area contributed by atoms with Gasteiger partial charge in [0.1, 0.15) is 35.2 Å². The molecule has 4 heterocycles. The maximum absolute atomic E-state index is 15.0. The lowest BCUT2D eigenvalue weighted by Crippen LogP contribution is -2.59. The van der Waals surface area contributed by atoms with Crippen molar-refractivity contribution >= 4 is 44.6 Å². The van der Waals surface area contributed by atoms with Gasteiger partial charge in [-0.05, 0) is 120 Å². The van der Waals surface area contributed by atoms with Crippen molar-refractivity contribution in [1.29, 1.82) is 0 Å². The number of amides is 4. The molecule has 2 aromatic heterocycles. The standard InChI is InChI=1S/C46H57F3N6O10S/c1-25(2)63-31-13-17-35(50-23-31)36-20-28-19-30(62-7)12-16-34(28)40(51-36)64-32-21-37-39(56)53-45(42(58)54-66(60,61)33-14-15-33)22-29(45)11-9-8-10-26(3)18-27(4)38(41(57)55(37)24-32)52-43(59)65-44(5,6)46(47,48)49/h9,11-13,16-17,19-20,23,25-27,29,32-33,37-38H,8,10,14-15,18,21-22,24H2,1-7H3,(H,52,59)(H,53,56)(H,54,58)/b11-9-/t26-,27+,29?,32+,37-,38-,45+/m0/s1. The van der Waals surface area contributed by atoms with E-state index < -0.39 is 86.4 Å². The van der Waals surface area contributed by atoms with Crippen molar-refractivity contribution in [3.63, 3.8) is 0 Å². The average molecular weight is 943 g/mol. The number of carbonyl (C=O) groups excluding carboxylic acids is 4. The molecule has 1 unspecified atom stereocenters. The van der Waals surface area contributed by atoms with Crippen molar-refractivity contribution in [2.75, 3.05) is 13.7 Å². The number of carbonyl (C=O) groups is 4. The van der Waals surface area contributed by atoms with E-state index in [1.807, 2.05) is 26.8 Å². The van der Waals surface area contributed by atoms with Crippen LogP contribution in [0.3, 0.4) is 0 Å². The summed E-state index contributed by atoms with van der Waals surface area (Å²) in [7, 11) is -2.49. The van der Waals surface area contributed by atoms with Gasteiger partial charge in [0.2, 0.25) is 33.3 Å². The number of fused-ring (bicyclic) bond motifs is 3. The van der Waals surface area contributed by atoms with E-state index in [1.54, 1.807) is 55.6 Å². The summed E-state index contributed by atoms with van der Waals surface area (Å²) < 4.78 is 92.5. The van der Waals surface area contributed by atoms with Crippen LogP contribution in [0, 0.1) is 17.8 Å². The minimum atomic E-state index is -4.93. The van der Waals surface area contributed by atoms with Crippen molar-refractivity contribution in [3.05, 3.63) is 54.7 Å². The van der Waals surface area contributed by atoms with Gasteiger partial charge in [-0.1, -0.05) is 26.0 Å². The van der Waals surface area contributed by atoms with Gasteiger partial charge in [-0.3, -0.25) is 24.1 Å². The Morgan fingerprint density at radius 1 is 1.00 bits per heavy atom. The molecule has 1 aromatic carbocycles. The van der Waals surface area contributed by atoms with Crippen LogP contribution in [0.2, 0.25) is 0 Å². The number of ether oxygens (including phenoxy) is 4. The molecule has 2 saturated carbocycles. The molecule has 4 aliphatic rings. The van der Waals surface area contributed by atoms with Gasteiger partial charge < -0.3 is 34.5 Å². The molecule has 66 heavy (non-hydrogen) atoms. The summed E-state index contributed by atoms with van der Waals surface area (Å²) in [5.74, 6) is -2.59. The highest BCUT2D eigenvalue weighted by Gasteiger charge is 2.62. The monoisotopic (exact) mass is 942 g/mol. The van der Waals surface area contributed by atoms with Crippen molar-refractivity contribution in [1.82, 2.24) is 30.2 Å². The largest absolute Gasteiger partial charge is 0.497 e. The molecule has 358 valence electrons. The van der Waals surface area contributed by atoms with Gasteiger partial charge >= 0.3 is 12.3 Å². The first kappa shape index (κ1) is 48.3. The molecular formula is C46H57F3N6O10S. The SMILES string of the molecule is COc1ccc2c(O[C@@H]3C[C@H]4C(=O)N[C@]5(C(=O)NS(=O)(=O)C6CC6)CC5/C=C\CC[C@H](C)C[C@@H](C)[C@H](NC(=O)OC(C)(C)C(F)(F)F)C(=O)N4C3)nc(-c3ccc(OC(C)C)cn3)cc2c1. The van der Waals surface area contributed by atoms with Gasteiger partial charge in [-0.25, -0.2) is 18.2 Å². The van der Waals surface area contributed by atoms with E-state index >= 15 is 0 Å². The van der Waals surface area contributed by atoms with Crippen molar-refractivity contribution in [2.45, 2.75) is 133 Å². The van der Waals surface area contributed by atoms with E-state index in [-0.39, 0.29) is 37.3 Å². The fourth-order valence-electron chi connectivity index (χ4n) is 8.53. The molecule has 0 spiro atoms. The summed E-state index contributed by atoms with van der Waals surface area (Å²) in [5.41, 5.74) is -3.68. The quantitative estimate of drug-likeness (QED) is 0.180. The lowest BCUT2D eigenvalue weighted by Gasteiger charge is -2.34. The van der Waals surface area contributed by atoms with Crippen LogP contribution in [0.1, 0.15) is 86.5 Å². The Morgan fingerprint density at radius 3 is 2.38 bits per heavy atom. The zero-order chi connectivity index (χ0) is 47.9. The summed E-state index contributed by atoms with van der Waals surface area (Å²) in [6.07, 6.45) is -0.0558. The van der Waals surface area contributed by atoms with Gasteiger partial charge in [0.15, 0.2) is 0 Å². The first-order valence-electron chi connectivity index (χ1n) is 22.2. The number of benzene rings is 1. The predicted molar refractivity (Wildman–Crippen MR) is 236 cm³/mol. The topological polar surface area (TPSA) is 204 Å². The number of rotatable bonds is 11. The Hall–Kier alpha value is -5.66. The first-order valence-corrected chi connectivity index (χ1v) is 23.7. The molecule has 16 nitrogen and oxygen atoms in total.